The molecule has 0 atom stereocenters. The summed E-state index contributed by atoms with van der Waals surface area (Å²) in [7, 11) is -4.05. The first-order valence-corrected chi connectivity index (χ1v) is 9.27. The summed E-state index contributed by atoms with van der Waals surface area (Å²) in [4.78, 5) is 5.52. The number of hydrogen-bond acceptors (Lipinski definition) is 3. The van der Waals surface area contributed by atoms with Gasteiger partial charge in [-0.2, -0.15) is 0 Å². The molecule has 1 fully saturated rings. The molecule has 3 N–H and O–H groups in total. The molecule has 0 amide bonds. The first-order valence-electron chi connectivity index (χ1n) is 7.79. The summed E-state index contributed by atoms with van der Waals surface area (Å²) in [6.07, 6.45) is 2.10. The third-order valence-electron chi connectivity index (χ3n) is 3.97. The van der Waals surface area contributed by atoms with E-state index in [1.807, 2.05) is 4.90 Å². The van der Waals surface area contributed by atoms with Crippen LogP contribution in [0.15, 0.2) is 28.1 Å². The van der Waals surface area contributed by atoms with E-state index in [-0.39, 0.29) is 37.1 Å². The number of rotatable bonds is 5. The first kappa shape index (κ1) is 22.0. The van der Waals surface area contributed by atoms with Gasteiger partial charge in [-0.3, -0.25) is 4.99 Å². The van der Waals surface area contributed by atoms with Crippen LogP contribution in [-0.4, -0.2) is 45.5 Å². The van der Waals surface area contributed by atoms with Gasteiger partial charge in [0.25, 0.3) is 0 Å². The summed E-state index contributed by atoms with van der Waals surface area (Å²) in [6.45, 7) is 3.98. The van der Waals surface area contributed by atoms with Crippen LogP contribution in [0.1, 0.15) is 19.8 Å². The molecule has 142 valence electrons. The lowest BCUT2D eigenvalue weighted by molar-refractivity contribution is 0.277. The average Bonchev–Trinajstić information content (AvgIpc) is 2.51. The van der Waals surface area contributed by atoms with Crippen LogP contribution < -0.4 is 10.5 Å². The fourth-order valence-electron chi connectivity index (χ4n) is 2.46. The number of hydrogen-bond donors (Lipinski definition) is 2. The molecule has 1 aromatic rings. The van der Waals surface area contributed by atoms with Crippen LogP contribution in [-0.2, 0) is 10.0 Å². The molecule has 2 rings (SSSR count). The number of nitrogens with two attached hydrogens (primary N) is 1. The zero-order chi connectivity index (χ0) is 17.7. The number of halogens is 3. The summed E-state index contributed by atoms with van der Waals surface area (Å²) >= 11 is 0. The smallest absolute Gasteiger partial charge is 0.243 e. The second-order valence-electron chi connectivity index (χ2n) is 5.88. The van der Waals surface area contributed by atoms with E-state index in [9.17, 15) is 17.2 Å². The summed E-state index contributed by atoms with van der Waals surface area (Å²) in [6, 6.07) is 2.31. The van der Waals surface area contributed by atoms with Gasteiger partial charge in [-0.1, -0.05) is 6.92 Å². The van der Waals surface area contributed by atoms with E-state index in [0.717, 1.165) is 38.1 Å². The molecule has 1 saturated heterocycles. The van der Waals surface area contributed by atoms with Crippen molar-refractivity contribution in [3.63, 3.8) is 0 Å². The van der Waals surface area contributed by atoms with E-state index in [1.165, 1.54) is 0 Å². The van der Waals surface area contributed by atoms with Crippen LogP contribution in [0.2, 0.25) is 0 Å². The van der Waals surface area contributed by atoms with Gasteiger partial charge in [0.2, 0.25) is 10.0 Å². The molecule has 1 aromatic carbocycles. The number of likely N-dealkylation sites (tertiary alicyclic amines) is 1. The molecule has 1 aliphatic heterocycles. The third-order valence-corrected chi connectivity index (χ3v) is 5.46. The molecular weight excluding hydrogens is 465 g/mol. The molecule has 0 aliphatic carbocycles. The summed E-state index contributed by atoms with van der Waals surface area (Å²) in [5.41, 5.74) is 5.89. The molecule has 10 heteroatoms. The Morgan fingerprint density at radius 3 is 2.60 bits per heavy atom. The zero-order valence-corrected chi connectivity index (χ0v) is 17.1. The number of benzene rings is 1. The Bertz CT molecular complexity index is 707. The van der Waals surface area contributed by atoms with Crippen LogP contribution in [0.3, 0.4) is 0 Å². The maximum Gasteiger partial charge on any atom is 0.243 e. The van der Waals surface area contributed by atoms with Crippen molar-refractivity contribution in [2.24, 2.45) is 16.6 Å². The Labute approximate surface area is 163 Å². The largest absolute Gasteiger partial charge is 0.370 e. The van der Waals surface area contributed by atoms with Crippen molar-refractivity contribution in [1.29, 1.82) is 0 Å². The molecule has 0 aromatic heterocycles. The lowest BCUT2D eigenvalue weighted by Crippen LogP contribution is -2.42. The Balaban J connectivity index is 0.00000312. The molecule has 25 heavy (non-hydrogen) atoms. The van der Waals surface area contributed by atoms with E-state index >= 15 is 0 Å². The van der Waals surface area contributed by atoms with E-state index < -0.39 is 26.6 Å². The number of nitrogens with zero attached hydrogens (tertiary/aromatic N) is 2. The van der Waals surface area contributed by atoms with Crippen LogP contribution >= 0.6 is 24.0 Å². The molecule has 6 nitrogen and oxygen atoms in total. The topological polar surface area (TPSA) is 87.8 Å². The van der Waals surface area contributed by atoms with Gasteiger partial charge in [0, 0.05) is 25.7 Å². The fraction of sp³-hybridized carbons (Fsp3) is 0.533. The summed E-state index contributed by atoms with van der Waals surface area (Å²) in [5.74, 6) is -0.909. The Hall–Kier alpha value is -1.01. The zero-order valence-electron chi connectivity index (χ0n) is 13.9. The van der Waals surface area contributed by atoms with E-state index in [1.54, 1.807) is 0 Å². The van der Waals surface area contributed by atoms with Crippen molar-refractivity contribution in [3.05, 3.63) is 29.8 Å². The highest BCUT2D eigenvalue weighted by molar-refractivity contribution is 14.0. The minimum atomic E-state index is -4.05. The third kappa shape index (κ3) is 6.33. The van der Waals surface area contributed by atoms with Crippen molar-refractivity contribution in [1.82, 2.24) is 9.62 Å². The molecule has 1 heterocycles. The minimum Gasteiger partial charge on any atom is -0.370 e. The molecule has 0 unspecified atom stereocenters. The van der Waals surface area contributed by atoms with Crippen molar-refractivity contribution in [2.45, 2.75) is 24.7 Å². The minimum absolute atomic E-state index is 0. The van der Waals surface area contributed by atoms with E-state index in [2.05, 4.69) is 16.6 Å². The highest BCUT2D eigenvalue weighted by atomic mass is 127. The predicted octanol–water partition coefficient (Wildman–Crippen LogP) is 1.91. The average molecular weight is 488 g/mol. The quantitative estimate of drug-likeness (QED) is 0.287. The van der Waals surface area contributed by atoms with E-state index in [0.29, 0.717) is 17.9 Å². The van der Waals surface area contributed by atoms with Crippen molar-refractivity contribution < 1.29 is 17.2 Å². The van der Waals surface area contributed by atoms with Gasteiger partial charge < -0.3 is 10.6 Å². The fourth-order valence-corrected chi connectivity index (χ4v) is 3.54. The Morgan fingerprint density at radius 2 is 2.00 bits per heavy atom. The monoisotopic (exact) mass is 488 g/mol. The van der Waals surface area contributed by atoms with Gasteiger partial charge in [-0.25, -0.2) is 21.9 Å². The summed E-state index contributed by atoms with van der Waals surface area (Å²) < 4.78 is 52.6. The highest BCUT2D eigenvalue weighted by Crippen LogP contribution is 2.16. The van der Waals surface area contributed by atoms with Crippen molar-refractivity contribution >= 4 is 40.0 Å². The standard InChI is InChI=1S/C15H22F2N4O2S.HI/c1-11-4-8-21(9-5-11)15(18)19-6-7-20-24(22,23)14-3-2-12(16)10-13(14)17;/h2-3,10-11,20H,4-9H2,1H3,(H2,18,19);1H. The SMILES string of the molecule is CC1CCN(C(N)=NCCNS(=O)(=O)c2ccc(F)cc2F)CC1.I. The molecule has 0 radical (unpaired) electrons. The van der Waals surface area contributed by atoms with Gasteiger partial charge >= 0.3 is 0 Å². The van der Waals surface area contributed by atoms with Crippen molar-refractivity contribution in [2.75, 3.05) is 26.2 Å². The Kier molecular flexibility index (Phi) is 8.48. The van der Waals surface area contributed by atoms with Gasteiger partial charge in [0.1, 0.15) is 16.5 Å². The van der Waals surface area contributed by atoms with Crippen LogP contribution in [0.4, 0.5) is 8.78 Å². The second-order valence-corrected chi connectivity index (χ2v) is 7.62. The molecular formula is C15H23F2IN4O2S. The number of sulfonamides is 1. The van der Waals surface area contributed by atoms with Gasteiger partial charge in [-0.05, 0) is 30.9 Å². The number of nitrogens with one attached hydrogen (secondary N) is 1. The maximum absolute atomic E-state index is 13.5. The van der Waals surface area contributed by atoms with Crippen LogP contribution in [0.5, 0.6) is 0 Å². The lowest BCUT2D eigenvalue weighted by Gasteiger charge is -2.31. The molecule has 1 aliphatic rings. The van der Waals surface area contributed by atoms with E-state index in [4.69, 9.17) is 5.73 Å². The molecule has 0 spiro atoms. The highest BCUT2D eigenvalue weighted by Gasteiger charge is 2.19. The van der Waals surface area contributed by atoms with Crippen molar-refractivity contribution in [3.8, 4) is 0 Å². The number of piperidine rings is 1. The number of aliphatic imine (C=N–C) groups is 1. The van der Waals surface area contributed by atoms with Gasteiger partial charge in [0.15, 0.2) is 5.96 Å². The summed E-state index contributed by atoms with van der Waals surface area (Å²) in [5, 5.41) is 0. The Morgan fingerprint density at radius 1 is 1.36 bits per heavy atom. The maximum atomic E-state index is 13.5. The molecule has 0 saturated carbocycles. The van der Waals surface area contributed by atoms with Crippen LogP contribution in [0, 0.1) is 17.6 Å². The number of guanidine groups is 1. The molecule has 0 bridgehead atoms. The second kappa shape index (κ2) is 9.62. The normalized spacial score (nSPS) is 16.6. The van der Waals surface area contributed by atoms with Gasteiger partial charge in [-0.15, -0.1) is 24.0 Å². The lowest BCUT2D eigenvalue weighted by atomic mass is 10.00. The van der Waals surface area contributed by atoms with Crippen LogP contribution in [0.25, 0.3) is 0 Å². The first-order chi connectivity index (χ1) is 11.3. The predicted molar refractivity (Wildman–Crippen MR) is 103 cm³/mol. The van der Waals surface area contributed by atoms with Gasteiger partial charge in [0.05, 0.1) is 6.54 Å².